The summed E-state index contributed by atoms with van der Waals surface area (Å²) in [5.74, 6) is 1.78. The van der Waals surface area contributed by atoms with Crippen molar-refractivity contribution in [1.82, 2.24) is 5.32 Å². The second-order valence-corrected chi connectivity index (χ2v) is 16.6. The third kappa shape index (κ3) is 9.68. The molecule has 0 spiro atoms. The van der Waals surface area contributed by atoms with Crippen molar-refractivity contribution in [2.45, 2.75) is 84.1 Å². The zero-order chi connectivity index (χ0) is 41.8. The van der Waals surface area contributed by atoms with Crippen molar-refractivity contribution >= 4 is 17.2 Å². The van der Waals surface area contributed by atoms with Gasteiger partial charge < -0.3 is 5.32 Å². The molecule has 0 aliphatic heterocycles. The van der Waals surface area contributed by atoms with E-state index in [9.17, 15) is 0 Å². The molecule has 0 saturated carbocycles. The largest absolute Gasteiger partial charge is 0.366 e. The number of allylic oxidation sites excluding steroid dienone is 5. The highest BCUT2D eigenvalue weighted by atomic mass is 15.0. The van der Waals surface area contributed by atoms with E-state index in [4.69, 9.17) is 10.4 Å². The summed E-state index contributed by atoms with van der Waals surface area (Å²) >= 11 is 0. The van der Waals surface area contributed by atoms with Crippen LogP contribution in [0.5, 0.6) is 0 Å². The minimum absolute atomic E-state index is 0.184. The SMILES string of the molecule is CCCCC(CC)C(=N)/N=C(\NCc1cccc(-c2ccccc2-c2ccccc2C2=CC=CCC2c2ccccc2-c2ccccc2-c2ccccc2)c1)C1=CCCCC1. The number of unbranched alkanes of at least 4 members (excludes halogenated alkanes) is 1. The highest BCUT2D eigenvalue weighted by Crippen LogP contribution is 2.47. The van der Waals surface area contributed by atoms with Gasteiger partial charge in [-0.25, -0.2) is 4.99 Å². The van der Waals surface area contributed by atoms with Gasteiger partial charge >= 0.3 is 0 Å². The lowest BCUT2D eigenvalue weighted by atomic mass is 9.76. The van der Waals surface area contributed by atoms with E-state index < -0.39 is 0 Å². The summed E-state index contributed by atoms with van der Waals surface area (Å²) in [6.45, 7) is 5.06. The Kier molecular flexibility index (Phi) is 13.8. The molecule has 0 heterocycles. The maximum atomic E-state index is 8.99. The van der Waals surface area contributed by atoms with Gasteiger partial charge in [-0.15, -0.1) is 0 Å². The van der Waals surface area contributed by atoms with Crippen molar-refractivity contribution < 1.29 is 0 Å². The molecule has 3 nitrogen and oxygen atoms in total. The lowest BCUT2D eigenvalue weighted by molar-refractivity contribution is 0.562. The van der Waals surface area contributed by atoms with E-state index in [2.05, 4.69) is 195 Å². The van der Waals surface area contributed by atoms with Gasteiger partial charge in [0, 0.05) is 18.4 Å². The van der Waals surface area contributed by atoms with Crippen LogP contribution in [0.3, 0.4) is 0 Å². The molecule has 306 valence electrons. The molecule has 2 atom stereocenters. The molecule has 3 heteroatoms. The Morgan fingerprint density at radius 3 is 2.00 bits per heavy atom. The molecule has 0 aromatic heterocycles. The monoisotopic (exact) mass is 797 g/mol. The number of rotatable bonds is 14. The van der Waals surface area contributed by atoms with Gasteiger partial charge in [0.2, 0.25) is 0 Å². The van der Waals surface area contributed by atoms with E-state index in [1.807, 2.05) is 0 Å². The average Bonchev–Trinajstić information content (AvgIpc) is 3.33. The molecule has 0 fully saturated rings. The highest BCUT2D eigenvalue weighted by Gasteiger charge is 2.25. The third-order valence-electron chi connectivity index (χ3n) is 12.6. The quantitative estimate of drug-likeness (QED) is 0.0837. The lowest BCUT2D eigenvalue weighted by Gasteiger charge is -2.27. The summed E-state index contributed by atoms with van der Waals surface area (Å²) in [6, 6.07) is 55.4. The van der Waals surface area contributed by atoms with Crippen LogP contribution in [-0.2, 0) is 6.54 Å². The van der Waals surface area contributed by atoms with Crippen LogP contribution in [0.15, 0.2) is 187 Å². The third-order valence-corrected chi connectivity index (χ3v) is 12.6. The standard InChI is InChI=1S/C58H59N3/c1-3-5-24-43(4-2)57(59)61-58(45-27-10-7-11-28-45)60-41-42-23-22-29-46(40-42)48-31-13-15-33-50(48)52-35-17-19-37-54(52)56-39-21-20-38-55(56)53-36-18-16-34-51(53)49-32-14-12-30-47(49)44-25-8-6-9-26-44/h6,8-9,12-23,25-27,29-37,39-40,43,55H,3-5,7,10-11,24,28,38,41H2,1-2H3,(H2,59,60,61). The normalized spacial score (nSPS) is 15.8. The van der Waals surface area contributed by atoms with Gasteiger partial charge in [0.05, 0.1) is 0 Å². The molecule has 2 aliphatic rings. The van der Waals surface area contributed by atoms with Crippen LogP contribution >= 0.6 is 0 Å². The first-order chi connectivity index (χ1) is 30.1. The minimum atomic E-state index is 0.184. The summed E-state index contributed by atoms with van der Waals surface area (Å²) in [7, 11) is 0. The molecule has 0 saturated heterocycles. The Bertz CT molecular complexity index is 2570. The lowest BCUT2D eigenvalue weighted by Crippen LogP contribution is -2.28. The molecule has 61 heavy (non-hydrogen) atoms. The fourth-order valence-electron chi connectivity index (χ4n) is 9.28. The maximum Gasteiger partial charge on any atom is 0.131 e. The molecule has 2 unspecified atom stereocenters. The van der Waals surface area contributed by atoms with Crippen LogP contribution < -0.4 is 5.32 Å². The summed E-state index contributed by atoms with van der Waals surface area (Å²) in [5, 5.41) is 12.7. The van der Waals surface area contributed by atoms with Gasteiger partial charge in [-0.2, -0.15) is 0 Å². The van der Waals surface area contributed by atoms with Crippen molar-refractivity contribution in [2.75, 3.05) is 0 Å². The van der Waals surface area contributed by atoms with Crippen molar-refractivity contribution in [2.24, 2.45) is 10.9 Å². The van der Waals surface area contributed by atoms with E-state index in [0.29, 0.717) is 12.4 Å². The zero-order valence-corrected chi connectivity index (χ0v) is 35.9. The van der Waals surface area contributed by atoms with E-state index >= 15 is 0 Å². The van der Waals surface area contributed by atoms with Gasteiger partial charge in [-0.3, -0.25) is 5.41 Å². The molecule has 0 bridgehead atoms. The van der Waals surface area contributed by atoms with Gasteiger partial charge in [0.15, 0.2) is 0 Å². The van der Waals surface area contributed by atoms with Gasteiger partial charge in [-0.1, -0.05) is 197 Å². The Balaban J connectivity index is 1.11. The zero-order valence-electron chi connectivity index (χ0n) is 35.9. The fourth-order valence-corrected chi connectivity index (χ4v) is 9.28. The Morgan fingerprint density at radius 1 is 0.672 bits per heavy atom. The van der Waals surface area contributed by atoms with Crippen molar-refractivity contribution in [1.29, 1.82) is 5.41 Å². The number of hydrogen-bond acceptors (Lipinski definition) is 1. The van der Waals surface area contributed by atoms with Crippen molar-refractivity contribution in [3.8, 4) is 44.5 Å². The molecular formula is C58H59N3. The predicted octanol–water partition coefficient (Wildman–Crippen LogP) is 15.7. The van der Waals surface area contributed by atoms with E-state index in [0.717, 1.165) is 50.8 Å². The number of amidine groups is 2. The Hall–Kier alpha value is -6.32. The number of hydrogen-bond donors (Lipinski definition) is 2. The van der Waals surface area contributed by atoms with Crippen molar-refractivity contribution in [3.63, 3.8) is 0 Å². The second-order valence-electron chi connectivity index (χ2n) is 16.6. The smallest absolute Gasteiger partial charge is 0.131 e. The first-order valence-electron chi connectivity index (χ1n) is 22.6. The van der Waals surface area contributed by atoms with Crippen LogP contribution in [0.1, 0.15) is 94.2 Å². The second kappa shape index (κ2) is 20.3. The molecule has 0 radical (unpaired) electrons. The maximum absolute atomic E-state index is 8.99. The summed E-state index contributed by atoms with van der Waals surface area (Å²) < 4.78 is 0. The minimum Gasteiger partial charge on any atom is -0.366 e. The molecule has 6 aromatic rings. The van der Waals surface area contributed by atoms with Gasteiger partial charge in [0.1, 0.15) is 11.7 Å². The summed E-state index contributed by atoms with van der Waals surface area (Å²) in [6.07, 6.45) is 18.9. The van der Waals surface area contributed by atoms with Gasteiger partial charge in [0.25, 0.3) is 0 Å². The molecule has 2 N–H and O–H groups in total. The first-order valence-corrected chi connectivity index (χ1v) is 22.6. The van der Waals surface area contributed by atoms with Gasteiger partial charge in [-0.05, 0) is 123 Å². The number of nitrogens with one attached hydrogen (secondary N) is 2. The topological polar surface area (TPSA) is 48.2 Å². The number of benzene rings is 6. The molecule has 0 amide bonds. The van der Waals surface area contributed by atoms with Crippen LogP contribution in [0.4, 0.5) is 0 Å². The van der Waals surface area contributed by atoms with Crippen LogP contribution in [0.2, 0.25) is 0 Å². The van der Waals surface area contributed by atoms with E-state index in [-0.39, 0.29) is 11.8 Å². The number of nitrogens with zero attached hydrogens (tertiary/aromatic N) is 1. The highest BCUT2D eigenvalue weighted by molar-refractivity contribution is 6.06. The molecule has 6 aromatic carbocycles. The fraction of sp³-hybridized carbons (Fsp3) is 0.241. The molecule has 2 aliphatic carbocycles. The first kappa shape index (κ1) is 41.4. The summed E-state index contributed by atoms with van der Waals surface area (Å²) in [5.41, 5.74) is 16.3. The number of aliphatic imine (C=N–C) groups is 1. The average molecular weight is 798 g/mol. The molecule has 8 rings (SSSR count). The van der Waals surface area contributed by atoms with Crippen LogP contribution in [-0.4, -0.2) is 11.7 Å². The van der Waals surface area contributed by atoms with E-state index in [1.54, 1.807) is 0 Å². The summed E-state index contributed by atoms with van der Waals surface area (Å²) in [4.78, 5) is 5.01. The van der Waals surface area contributed by atoms with Crippen LogP contribution in [0.25, 0.3) is 50.1 Å². The predicted molar refractivity (Wildman–Crippen MR) is 261 cm³/mol. The van der Waals surface area contributed by atoms with Crippen molar-refractivity contribution in [3.05, 3.63) is 198 Å². The Morgan fingerprint density at radius 2 is 1.30 bits per heavy atom. The van der Waals surface area contributed by atoms with Crippen LogP contribution in [0, 0.1) is 11.3 Å². The van der Waals surface area contributed by atoms with E-state index in [1.165, 1.54) is 85.2 Å². The molecular weight excluding hydrogens is 739 g/mol. The Labute approximate surface area is 364 Å².